The Kier molecular flexibility index (Phi) is 4.34. The summed E-state index contributed by atoms with van der Waals surface area (Å²) in [6.07, 6.45) is 1.60. The van der Waals surface area contributed by atoms with Crippen molar-refractivity contribution in [3.63, 3.8) is 0 Å². The van der Waals surface area contributed by atoms with Gasteiger partial charge in [-0.05, 0) is 36.6 Å². The van der Waals surface area contributed by atoms with E-state index in [0.29, 0.717) is 12.0 Å². The molecule has 0 spiro atoms. The molecule has 0 atom stereocenters. The fraction of sp³-hybridized carbons (Fsp3) is 0.412. The molecule has 0 amide bonds. The van der Waals surface area contributed by atoms with Gasteiger partial charge in [0.05, 0.1) is 6.04 Å². The summed E-state index contributed by atoms with van der Waals surface area (Å²) >= 11 is 0. The molecule has 0 bridgehead atoms. The summed E-state index contributed by atoms with van der Waals surface area (Å²) in [6, 6.07) is 7.06. The lowest BCUT2D eigenvalue weighted by molar-refractivity contribution is 0.469. The highest BCUT2D eigenvalue weighted by Gasteiger charge is 2.18. The molecule has 2 N–H and O–H groups in total. The van der Waals surface area contributed by atoms with Gasteiger partial charge in [0.2, 0.25) is 5.95 Å². The summed E-state index contributed by atoms with van der Waals surface area (Å²) in [5.74, 6) is 0.504. The van der Waals surface area contributed by atoms with Gasteiger partial charge in [-0.25, -0.2) is 14.4 Å². The van der Waals surface area contributed by atoms with E-state index >= 15 is 0 Å². The average molecular weight is 300 g/mol. The molecule has 1 aromatic carbocycles. The van der Waals surface area contributed by atoms with E-state index in [0.717, 1.165) is 48.4 Å². The predicted molar refractivity (Wildman–Crippen MR) is 85.6 cm³/mol. The number of rotatable bonds is 5. The number of halogens is 1. The highest BCUT2D eigenvalue weighted by Crippen LogP contribution is 2.19. The van der Waals surface area contributed by atoms with Crippen LogP contribution in [0.5, 0.6) is 0 Å². The smallest absolute Gasteiger partial charge is 0.223 e. The van der Waals surface area contributed by atoms with Gasteiger partial charge in [-0.15, -0.1) is 0 Å². The molecule has 2 heterocycles. The molecule has 0 unspecified atom stereocenters. The number of nitrogens with one attached hydrogen (secondary N) is 2. The first-order valence-electron chi connectivity index (χ1n) is 7.73. The Morgan fingerprint density at radius 3 is 2.55 bits per heavy atom. The fourth-order valence-corrected chi connectivity index (χ4v) is 2.62. The number of hydrogen-bond acceptors (Lipinski definition) is 4. The fourth-order valence-electron chi connectivity index (χ4n) is 2.62. The van der Waals surface area contributed by atoms with Gasteiger partial charge in [0, 0.05) is 30.9 Å². The first kappa shape index (κ1) is 14.9. The van der Waals surface area contributed by atoms with Crippen LogP contribution in [0.1, 0.15) is 29.4 Å². The molecule has 0 saturated carbocycles. The summed E-state index contributed by atoms with van der Waals surface area (Å²) < 4.78 is 13.0. The molecule has 4 nitrogen and oxygen atoms in total. The Morgan fingerprint density at radius 2 is 1.95 bits per heavy atom. The number of aromatic nitrogens is 2. The van der Waals surface area contributed by atoms with Gasteiger partial charge in [-0.1, -0.05) is 19.1 Å². The highest BCUT2D eigenvalue weighted by molar-refractivity contribution is 5.38. The first-order valence-corrected chi connectivity index (χ1v) is 7.73. The minimum atomic E-state index is -0.207. The summed E-state index contributed by atoms with van der Waals surface area (Å²) in [7, 11) is 0. The zero-order valence-corrected chi connectivity index (χ0v) is 13.0. The molecule has 0 radical (unpaired) electrons. The van der Waals surface area contributed by atoms with Crippen LogP contribution in [0.3, 0.4) is 0 Å². The van der Waals surface area contributed by atoms with Gasteiger partial charge in [0.1, 0.15) is 5.82 Å². The third-order valence-corrected chi connectivity index (χ3v) is 4.04. The lowest BCUT2D eigenvalue weighted by atomic mass is 10.0. The lowest BCUT2D eigenvalue weighted by Gasteiger charge is -2.28. The van der Waals surface area contributed by atoms with Crippen LogP contribution in [0.25, 0.3) is 0 Å². The number of nitrogens with zero attached hydrogens (tertiary/aromatic N) is 2. The second-order valence-corrected chi connectivity index (χ2v) is 5.71. The van der Waals surface area contributed by atoms with Crippen molar-refractivity contribution in [1.82, 2.24) is 15.3 Å². The zero-order valence-electron chi connectivity index (χ0n) is 13.0. The molecule has 1 aliphatic rings. The van der Waals surface area contributed by atoms with E-state index in [1.807, 2.05) is 19.1 Å². The Bertz CT molecular complexity index is 650. The average Bonchev–Trinajstić information content (AvgIpc) is 2.47. The van der Waals surface area contributed by atoms with E-state index in [1.165, 1.54) is 12.1 Å². The zero-order chi connectivity index (χ0) is 15.5. The Hall–Kier alpha value is -2.01. The maximum absolute atomic E-state index is 13.0. The van der Waals surface area contributed by atoms with Crippen LogP contribution in [0, 0.1) is 12.7 Å². The summed E-state index contributed by atoms with van der Waals surface area (Å²) in [6.45, 7) is 6.04. The quantitative estimate of drug-likeness (QED) is 0.890. The Labute approximate surface area is 130 Å². The number of benzene rings is 1. The topological polar surface area (TPSA) is 49.8 Å². The first-order chi connectivity index (χ1) is 10.7. The van der Waals surface area contributed by atoms with Gasteiger partial charge >= 0.3 is 0 Å². The van der Waals surface area contributed by atoms with Crippen molar-refractivity contribution >= 4 is 5.95 Å². The highest BCUT2D eigenvalue weighted by atomic mass is 19.1. The van der Waals surface area contributed by atoms with Crippen LogP contribution in [0.4, 0.5) is 10.3 Å². The summed E-state index contributed by atoms with van der Waals surface area (Å²) in [5, 5.41) is 6.58. The van der Waals surface area contributed by atoms with Crippen LogP contribution >= 0.6 is 0 Å². The standard InChI is InChI=1S/C17H21FN4/c1-3-16-15(8-12-4-6-13(18)7-5-12)11(2)20-17(22-16)21-14-9-19-10-14/h4-7,14,19H,3,8-10H2,1-2H3,(H,20,21,22). The van der Waals surface area contributed by atoms with Crippen LogP contribution in [0.15, 0.2) is 24.3 Å². The van der Waals surface area contributed by atoms with E-state index in [4.69, 9.17) is 0 Å². The van der Waals surface area contributed by atoms with Crippen LogP contribution in [0.2, 0.25) is 0 Å². The molecule has 1 aliphatic heterocycles. The predicted octanol–water partition coefficient (Wildman–Crippen LogP) is 2.46. The maximum Gasteiger partial charge on any atom is 0.223 e. The normalized spacial score (nSPS) is 14.7. The van der Waals surface area contributed by atoms with Crippen molar-refractivity contribution in [2.75, 3.05) is 18.4 Å². The van der Waals surface area contributed by atoms with Crippen LogP contribution in [-0.4, -0.2) is 29.1 Å². The molecule has 0 aliphatic carbocycles. The number of aryl methyl sites for hydroxylation is 2. The number of anilines is 1. The molecule has 2 aromatic rings. The van der Waals surface area contributed by atoms with Gasteiger partial charge < -0.3 is 10.6 Å². The van der Waals surface area contributed by atoms with Crippen molar-refractivity contribution in [1.29, 1.82) is 0 Å². The third kappa shape index (κ3) is 3.25. The van der Waals surface area contributed by atoms with Crippen molar-refractivity contribution in [2.45, 2.75) is 32.7 Å². The molecule has 22 heavy (non-hydrogen) atoms. The van der Waals surface area contributed by atoms with E-state index < -0.39 is 0 Å². The largest absolute Gasteiger partial charge is 0.349 e. The molecule has 1 fully saturated rings. The molecule has 1 saturated heterocycles. The van der Waals surface area contributed by atoms with Gasteiger partial charge in [0.15, 0.2) is 0 Å². The van der Waals surface area contributed by atoms with Crippen molar-refractivity contribution < 1.29 is 4.39 Å². The molecule has 3 rings (SSSR count). The maximum atomic E-state index is 13.0. The van der Waals surface area contributed by atoms with Crippen molar-refractivity contribution in [3.05, 3.63) is 52.6 Å². The second kappa shape index (κ2) is 6.40. The number of hydrogen-bond donors (Lipinski definition) is 2. The minimum Gasteiger partial charge on any atom is -0.349 e. The van der Waals surface area contributed by atoms with E-state index in [1.54, 1.807) is 0 Å². The minimum absolute atomic E-state index is 0.207. The van der Waals surface area contributed by atoms with Crippen LogP contribution < -0.4 is 10.6 Å². The van der Waals surface area contributed by atoms with Gasteiger partial charge in [-0.3, -0.25) is 0 Å². The SMILES string of the molecule is CCc1nc(NC2CNC2)nc(C)c1Cc1ccc(F)cc1. The summed E-state index contributed by atoms with van der Waals surface area (Å²) in [5.41, 5.74) is 4.27. The van der Waals surface area contributed by atoms with Crippen LogP contribution in [-0.2, 0) is 12.8 Å². The Balaban J connectivity index is 1.84. The van der Waals surface area contributed by atoms with E-state index in [-0.39, 0.29) is 5.82 Å². The molecule has 1 aromatic heterocycles. The van der Waals surface area contributed by atoms with Gasteiger partial charge in [-0.2, -0.15) is 0 Å². The monoisotopic (exact) mass is 300 g/mol. The molecule has 116 valence electrons. The molecular formula is C17H21FN4. The van der Waals surface area contributed by atoms with Gasteiger partial charge in [0.25, 0.3) is 0 Å². The Morgan fingerprint density at radius 1 is 1.23 bits per heavy atom. The van der Waals surface area contributed by atoms with E-state index in [2.05, 4.69) is 27.5 Å². The van der Waals surface area contributed by atoms with E-state index in [9.17, 15) is 4.39 Å². The van der Waals surface area contributed by atoms with Crippen molar-refractivity contribution in [3.8, 4) is 0 Å². The summed E-state index contributed by atoms with van der Waals surface area (Å²) in [4.78, 5) is 9.26. The lowest BCUT2D eigenvalue weighted by Crippen LogP contribution is -2.51. The molecule has 5 heteroatoms. The van der Waals surface area contributed by atoms with Crippen molar-refractivity contribution in [2.24, 2.45) is 0 Å². The third-order valence-electron chi connectivity index (χ3n) is 4.04. The second-order valence-electron chi connectivity index (χ2n) is 5.71. The molecular weight excluding hydrogens is 279 g/mol.